The van der Waals surface area contributed by atoms with Crippen LogP contribution in [0.2, 0.25) is 0 Å². The van der Waals surface area contributed by atoms with Crippen molar-refractivity contribution in [3.63, 3.8) is 0 Å². The van der Waals surface area contributed by atoms with Crippen molar-refractivity contribution in [1.82, 2.24) is 15.8 Å². The van der Waals surface area contributed by atoms with Gasteiger partial charge in [0.15, 0.2) is 0 Å². The smallest absolute Gasteiger partial charge is 0.292 e. The van der Waals surface area contributed by atoms with E-state index in [-0.39, 0.29) is 0 Å². The molecule has 2 heterocycles. The zero-order chi connectivity index (χ0) is 19.7. The number of fused-ring (bicyclic) bond motifs is 2. The van der Waals surface area contributed by atoms with Gasteiger partial charge >= 0.3 is 0 Å². The van der Waals surface area contributed by atoms with Crippen LogP contribution in [-0.4, -0.2) is 28.3 Å². The van der Waals surface area contributed by atoms with Crippen molar-refractivity contribution in [2.75, 3.05) is 5.32 Å². The molecule has 28 heavy (non-hydrogen) atoms. The Labute approximate surface area is 159 Å². The number of hydrogen-bond donors (Lipinski definition) is 3. The largest absolute Gasteiger partial charge is 0.465 e. The molecule has 2 aromatic carbocycles. The molecule has 0 bridgehead atoms. The van der Waals surface area contributed by atoms with Crippen molar-refractivity contribution >= 4 is 34.3 Å². The monoisotopic (exact) mass is 376 g/mol. The Morgan fingerprint density at radius 2 is 1.86 bits per heavy atom. The van der Waals surface area contributed by atoms with E-state index < -0.39 is 23.3 Å². The molecule has 3 N–H and O–H groups in total. The van der Waals surface area contributed by atoms with Crippen molar-refractivity contribution in [2.45, 2.75) is 12.5 Å². The summed E-state index contributed by atoms with van der Waals surface area (Å²) in [6.07, 6.45) is 1.63. The molecule has 3 amide bonds. The van der Waals surface area contributed by atoms with Crippen LogP contribution < -0.4 is 20.9 Å². The number of nitrogens with one attached hydrogen (secondary N) is 3. The number of amides is 3. The van der Waals surface area contributed by atoms with Gasteiger partial charge in [0.05, 0.1) is 16.8 Å². The first-order chi connectivity index (χ1) is 13.5. The van der Waals surface area contributed by atoms with E-state index in [0.29, 0.717) is 27.9 Å². The molecule has 1 unspecified atom stereocenters. The Hall–Kier alpha value is -3.94. The average Bonchev–Trinajstić information content (AvgIpc) is 2.72. The van der Waals surface area contributed by atoms with Gasteiger partial charge in [-0.3, -0.25) is 30.2 Å². The fourth-order valence-electron chi connectivity index (χ4n) is 2.92. The lowest BCUT2D eigenvalue weighted by Gasteiger charge is -2.33. The summed E-state index contributed by atoms with van der Waals surface area (Å²) in [4.78, 5) is 41.7. The summed E-state index contributed by atoms with van der Waals surface area (Å²) in [6, 6.07) is 15.3. The van der Waals surface area contributed by atoms with Gasteiger partial charge in [-0.25, -0.2) is 0 Å². The van der Waals surface area contributed by atoms with Crippen LogP contribution >= 0.6 is 0 Å². The van der Waals surface area contributed by atoms with Gasteiger partial charge in [-0.2, -0.15) is 0 Å². The molecule has 8 nitrogen and oxygen atoms in total. The molecule has 0 saturated heterocycles. The summed E-state index contributed by atoms with van der Waals surface area (Å²) in [5.41, 5.74) is 4.25. The van der Waals surface area contributed by atoms with Crippen molar-refractivity contribution in [3.05, 3.63) is 66.4 Å². The first kappa shape index (κ1) is 17.5. The second kappa shape index (κ2) is 6.66. The lowest BCUT2D eigenvalue weighted by Crippen LogP contribution is -2.61. The molecule has 0 fully saturated rings. The molecular weight excluding hydrogens is 360 g/mol. The number of ether oxygens (including phenoxy) is 1. The van der Waals surface area contributed by atoms with Crippen LogP contribution in [0.1, 0.15) is 17.3 Å². The predicted octanol–water partition coefficient (Wildman–Crippen LogP) is 1.79. The Morgan fingerprint density at radius 3 is 2.71 bits per heavy atom. The van der Waals surface area contributed by atoms with E-state index in [1.54, 1.807) is 60.8 Å². The highest BCUT2D eigenvalue weighted by atomic mass is 16.5. The van der Waals surface area contributed by atoms with Gasteiger partial charge in [-0.15, -0.1) is 0 Å². The summed E-state index contributed by atoms with van der Waals surface area (Å²) in [6.45, 7) is 1.33. The highest BCUT2D eigenvalue weighted by Crippen LogP contribution is 2.33. The normalized spacial score (nSPS) is 17.8. The molecule has 0 saturated carbocycles. The average molecular weight is 376 g/mol. The van der Waals surface area contributed by atoms with Crippen molar-refractivity contribution in [1.29, 1.82) is 0 Å². The molecule has 140 valence electrons. The van der Waals surface area contributed by atoms with E-state index in [4.69, 9.17) is 4.74 Å². The Balaban J connectivity index is 1.51. The Morgan fingerprint density at radius 1 is 1.04 bits per heavy atom. The molecule has 4 rings (SSSR count). The minimum atomic E-state index is -1.83. The van der Waals surface area contributed by atoms with E-state index in [1.165, 1.54) is 6.92 Å². The Kier molecular flexibility index (Phi) is 4.15. The number of carbonyl (C=O) groups excluding carboxylic acids is 3. The van der Waals surface area contributed by atoms with Gasteiger partial charge in [0, 0.05) is 11.6 Å². The standard InChI is InChI=1S/C20H16N4O4/c1-20(18(26)22-15-8-2-3-10-16(15)28-20)19(27)24-23-17(25)13-6-4-9-14-12(13)7-5-11-21-14/h2-11H,1H3,(H,22,26)(H,23,25)(H,24,27). The third-order valence-corrected chi connectivity index (χ3v) is 4.50. The zero-order valence-corrected chi connectivity index (χ0v) is 14.9. The summed E-state index contributed by atoms with van der Waals surface area (Å²) in [5, 5.41) is 3.27. The van der Waals surface area contributed by atoms with E-state index >= 15 is 0 Å². The quantitative estimate of drug-likeness (QED) is 0.467. The fraction of sp³-hybridized carbons (Fsp3) is 0.100. The number of nitrogens with zero attached hydrogens (tertiary/aromatic N) is 1. The van der Waals surface area contributed by atoms with Gasteiger partial charge in [0.2, 0.25) is 0 Å². The van der Waals surface area contributed by atoms with E-state index in [9.17, 15) is 14.4 Å². The number of rotatable bonds is 2. The Bertz CT molecular complexity index is 1110. The number of aromatic nitrogens is 1. The summed E-state index contributed by atoms with van der Waals surface area (Å²) < 4.78 is 5.62. The molecular formula is C20H16N4O4. The first-order valence-electron chi connectivity index (χ1n) is 8.53. The summed E-state index contributed by atoms with van der Waals surface area (Å²) in [7, 11) is 0. The number of hydrazine groups is 1. The van der Waals surface area contributed by atoms with Crippen LogP contribution in [0.5, 0.6) is 5.75 Å². The maximum atomic E-state index is 12.6. The van der Waals surface area contributed by atoms with Crippen molar-refractivity contribution < 1.29 is 19.1 Å². The van der Waals surface area contributed by atoms with Gasteiger partial charge in [0.1, 0.15) is 5.75 Å². The second-order valence-electron chi connectivity index (χ2n) is 6.37. The number of benzene rings is 2. The third kappa shape index (κ3) is 2.90. The van der Waals surface area contributed by atoms with Crippen LogP contribution in [0.3, 0.4) is 0 Å². The zero-order valence-electron chi connectivity index (χ0n) is 14.9. The number of para-hydroxylation sites is 2. The first-order valence-corrected chi connectivity index (χ1v) is 8.53. The third-order valence-electron chi connectivity index (χ3n) is 4.50. The molecule has 8 heteroatoms. The summed E-state index contributed by atoms with van der Waals surface area (Å²) in [5.74, 6) is -1.60. The van der Waals surface area contributed by atoms with Crippen molar-refractivity contribution in [2.24, 2.45) is 0 Å². The molecule has 1 aliphatic rings. The highest BCUT2D eigenvalue weighted by molar-refractivity contribution is 6.16. The van der Waals surface area contributed by atoms with Crippen LogP contribution in [0, 0.1) is 0 Å². The maximum Gasteiger partial charge on any atom is 0.292 e. The van der Waals surface area contributed by atoms with Gasteiger partial charge < -0.3 is 10.1 Å². The van der Waals surface area contributed by atoms with Gasteiger partial charge in [0.25, 0.3) is 23.3 Å². The molecule has 1 aromatic heterocycles. The molecule has 1 atom stereocenters. The number of carbonyl (C=O) groups is 3. The number of pyridine rings is 1. The topological polar surface area (TPSA) is 109 Å². The highest BCUT2D eigenvalue weighted by Gasteiger charge is 2.47. The van der Waals surface area contributed by atoms with Crippen LogP contribution in [0.25, 0.3) is 10.9 Å². The number of hydrogen-bond acceptors (Lipinski definition) is 5. The minimum Gasteiger partial charge on any atom is -0.465 e. The van der Waals surface area contributed by atoms with Crippen LogP contribution in [-0.2, 0) is 9.59 Å². The van der Waals surface area contributed by atoms with Gasteiger partial charge in [-0.1, -0.05) is 24.3 Å². The van der Waals surface area contributed by atoms with Crippen LogP contribution in [0.15, 0.2) is 60.8 Å². The molecule has 1 aliphatic heterocycles. The SMILES string of the molecule is CC1(C(=O)NNC(=O)c2cccc3ncccc23)Oc2ccccc2NC1=O. The van der Waals surface area contributed by atoms with Crippen molar-refractivity contribution in [3.8, 4) is 5.75 Å². The second-order valence-corrected chi connectivity index (χ2v) is 6.37. The molecule has 0 aliphatic carbocycles. The molecule has 3 aromatic rings. The lowest BCUT2D eigenvalue weighted by atomic mass is 10.0. The van der Waals surface area contributed by atoms with Gasteiger partial charge in [-0.05, 0) is 37.3 Å². The minimum absolute atomic E-state index is 0.343. The lowest BCUT2D eigenvalue weighted by molar-refractivity contribution is -0.147. The van der Waals surface area contributed by atoms with Crippen LogP contribution in [0.4, 0.5) is 5.69 Å². The van der Waals surface area contributed by atoms with E-state index in [2.05, 4.69) is 21.2 Å². The fourth-order valence-corrected chi connectivity index (χ4v) is 2.92. The maximum absolute atomic E-state index is 12.6. The molecule has 0 spiro atoms. The van der Waals surface area contributed by atoms with E-state index in [1.807, 2.05) is 0 Å². The molecule has 0 radical (unpaired) electrons. The predicted molar refractivity (Wildman–Crippen MR) is 101 cm³/mol. The summed E-state index contributed by atoms with van der Waals surface area (Å²) >= 11 is 0. The number of anilines is 1. The van der Waals surface area contributed by atoms with E-state index in [0.717, 1.165) is 0 Å².